The molecule has 3 aromatic rings. The minimum Gasteiger partial charge on any atom is -0.298 e. The van der Waals surface area contributed by atoms with E-state index in [1.54, 1.807) is 36.4 Å². The second-order valence-electron chi connectivity index (χ2n) is 4.34. The van der Waals surface area contributed by atoms with Gasteiger partial charge in [-0.1, -0.05) is 35.9 Å². The molecule has 4 heteroatoms. The number of carbonyl (C=O) groups is 1. The Balaban J connectivity index is 2.37. The van der Waals surface area contributed by atoms with Crippen molar-refractivity contribution in [3.63, 3.8) is 0 Å². The highest BCUT2D eigenvalue weighted by Crippen LogP contribution is 2.29. The average molecular weight is 286 g/mol. The molecule has 0 N–H and O–H groups in total. The number of fused-ring (bicyclic) bond motifs is 1. The molecule has 1 heterocycles. The molecule has 0 bridgehead atoms. The van der Waals surface area contributed by atoms with E-state index in [9.17, 15) is 9.18 Å². The number of para-hydroxylation sites is 1. The van der Waals surface area contributed by atoms with E-state index >= 15 is 0 Å². The highest BCUT2D eigenvalue weighted by atomic mass is 35.5. The minimum absolute atomic E-state index is 0.288. The summed E-state index contributed by atoms with van der Waals surface area (Å²) in [5, 5.41) is 1.22. The summed E-state index contributed by atoms with van der Waals surface area (Å²) >= 11 is 6.11. The van der Waals surface area contributed by atoms with Crippen molar-refractivity contribution < 1.29 is 9.18 Å². The van der Waals surface area contributed by atoms with Gasteiger partial charge in [-0.05, 0) is 24.3 Å². The molecule has 0 aliphatic heterocycles. The van der Waals surface area contributed by atoms with Crippen LogP contribution >= 0.6 is 11.6 Å². The number of aldehydes is 1. The van der Waals surface area contributed by atoms with Crippen molar-refractivity contribution in [1.29, 1.82) is 0 Å². The molecule has 0 aliphatic rings. The number of rotatable bonds is 2. The lowest BCUT2D eigenvalue weighted by atomic mass is 10.0. The quantitative estimate of drug-likeness (QED) is 0.649. The van der Waals surface area contributed by atoms with Crippen LogP contribution in [0.2, 0.25) is 5.02 Å². The lowest BCUT2D eigenvalue weighted by Crippen LogP contribution is -1.95. The second-order valence-corrected chi connectivity index (χ2v) is 4.74. The maximum absolute atomic E-state index is 13.9. The molecule has 0 unspecified atom stereocenters. The van der Waals surface area contributed by atoms with Gasteiger partial charge in [-0.2, -0.15) is 0 Å². The van der Waals surface area contributed by atoms with E-state index in [0.717, 1.165) is 5.39 Å². The zero-order chi connectivity index (χ0) is 14.1. The molecule has 0 saturated carbocycles. The number of carbonyl (C=O) groups excluding carboxylic acids is 1. The first-order valence-electron chi connectivity index (χ1n) is 6.00. The van der Waals surface area contributed by atoms with Crippen molar-refractivity contribution in [3.8, 4) is 11.3 Å². The fourth-order valence-electron chi connectivity index (χ4n) is 2.14. The third-order valence-electron chi connectivity index (χ3n) is 3.08. The van der Waals surface area contributed by atoms with Crippen molar-refractivity contribution in [2.24, 2.45) is 0 Å². The van der Waals surface area contributed by atoms with Gasteiger partial charge < -0.3 is 0 Å². The molecule has 0 radical (unpaired) electrons. The van der Waals surface area contributed by atoms with Crippen LogP contribution in [0.4, 0.5) is 4.39 Å². The SMILES string of the molecule is O=Cc1cc2cccc(Cl)c2nc1-c1ccccc1F. The maximum Gasteiger partial charge on any atom is 0.152 e. The summed E-state index contributed by atoms with van der Waals surface area (Å²) in [6.07, 6.45) is 0.676. The van der Waals surface area contributed by atoms with E-state index in [4.69, 9.17) is 11.6 Å². The summed E-state index contributed by atoms with van der Waals surface area (Å²) in [7, 11) is 0. The van der Waals surface area contributed by atoms with Gasteiger partial charge in [-0.3, -0.25) is 4.79 Å². The van der Waals surface area contributed by atoms with Gasteiger partial charge in [0, 0.05) is 16.5 Å². The lowest BCUT2D eigenvalue weighted by molar-refractivity contribution is 0.112. The van der Waals surface area contributed by atoms with Gasteiger partial charge in [0.2, 0.25) is 0 Å². The first kappa shape index (κ1) is 12.8. The standard InChI is InChI=1S/C16H9ClFNO/c17-13-6-3-4-10-8-11(9-20)15(19-16(10)13)12-5-1-2-7-14(12)18/h1-9H. The van der Waals surface area contributed by atoms with Crippen molar-refractivity contribution in [1.82, 2.24) is 4.98 Å². The van der Waals surface area contributed by atoms with Gasteiger partial charge in [0.05, 0.1) is 16.2 Å². The van der Waals surface area contributed by atoms with Crippen LogP contribution in [0, 0.1) is 5.82 Å². The molecule has 0 atom stereocenters. The number of benzene rings is 2. The number of hydrogen-bond acceptors (Lipinski definition) is 2. The van der Waals surface area contributed by atoms with E-state index < -0.39 is 5.82 Å². The molecule has 1 aromatic heterocycles. The molecule has 0 amide bonds. The van der Waals surface area contributed by atoms with Gasteiger partial charge in [-0.25, -0.2) is 9.37 Å². The van der Waals surface area contributed by atoms with E-state index in [1.165, 1.54) is 6.07 Å². The van der Waals surface area contributed by atoms with Crippen molar-refractivity contribution in [2.45, 2.75) is 0 Å². The third kappa shape index (κ3) is 2.06. The Hall–Kier alpha value is -2.26. The monoisotopic (exact) mass is 285 g/mol. The fourth-order valence-corrected chi connectivity index (χ4v) is 2.36. The van der Waals surface area contributed by atoms with E-state index in [0.29, 0.717) is 28.1 Å². The summed E-state index contributed by atoms with van der Waals surface area (Å²) in [4.78, 5) is 15.6. The minimum atomic E-state index is -0.422. The average Bonchev–Trinajstić information content (AvgIpc) is 2.47. The van der Waals surface area contributed by atoms with Gasteiger partial charge in [0.1, 0.15) is 5.82 Å². The highest BCUT2D eigenvalue weighted by molar-refractivity contribution is 6.35. The largest absolute Gasteiger partial charge is 0.298 e. The number of aromatic nitrogens is 1. The first-order valence-corrected chi connectivity index (χ1v) is 6.38. The van der Waals surface area contributed by atoms with Crippen molar-refractivity contribution in [3.05, 3.63) is 64.9 Å². The maximum atomic E-state index is 13.9. The van der Waals surface area contributed by atoms with Crippen LogP contribution in [-0.4, -0.2) is 11.3 Å². The Bertz CT molecular complexity index is 817. The molecule has 3 rings (SSSR count). The molecule has 0 fully saturated rings. The molecule has 20 heavy (non-hydrogen) atoms. The second kappa shape index (κ2) is 5.02. The highest BCUT2D eigenvalue weighted by Gasteiger charge is 2.13. The molecule has 0 aliphatic carbocycles. The Morgan fingerprint density at radius 1 is 1.10 bits per heavy atom. The van der Waals surface area contributed by atoms with Crippen LogP contribution in [-0.2, 0) is 0 Å². The summed E-state index contributed by atoms with van der Waals surface area (Å²) in [6.45, 7) is 0. The summed E-state index contributed by atoms with van der Waals surface area (Å²) < 4.78 is 13.9. The van der Waals surface area contributed by atoms with E-state index in [2.05, 4.69) is 4.98 Å². The van der Waals surface area contributed by atoms with E-state index in [-0.39, 0.29) is 5.56 Å². The van der Waals surface area contributed by atoms with Crippen LogP contribution in [0.5, 0.6) is 0 Å². The molecule has 98 valence electrons. The van der Waals surface area contributed by atoms with Crippen LogP contribution in [0.25, 0.3) is 22.2 Å². The Kier molecular flexibility index (Phi) is 3.20. The van der Waals surface area contributed by atoms with Crippen LogP contribution in [0.1, 0.15) is 10.4 Å². The normalized spacial score (nSPS) is 10.7. The number of hydrogen-bond donors (Lipinski definition) is 0. The molecular formula is C16H9ClFNO. The third-order valence-corrected chi connectivity index (χ3v) is 3.39. The predicted molar refractivity (Wildman–Crippen MR) is 77.5 cm³/mol. The molecule has 0 saturated heterocycles. The topological polar surface area (TPSA) is 30.0 Å². The van der Waals surface area contributed by atoms with Gasteiger partial charge >= 0.3 is 0 Å². The van der Waals surface area contributed by atoms with E-state index in [1.807, 2.05) is 6.07 Å². The molecule has 0 spiro atoms. The summed E-state index contributed by atoms with van der Waals surface area (Å²) in [5.41, 5.74) is 1.48. The number of halogens is 2. The van der Waals surface area contributed by atoms with Crippen molar-refractivity contribution >= 4 is 28.8 Å². The zero-order valence-electron chi connectivity index (χ0n) is 10.3. The fraction of sp³-hybridized carbons (Fsp3) is 0. The molecule has 2 nitrogen and oxygen atoms in total. The molecular weight excluding hydrogens is 277 g/mol. The van der Waals surface area contributed by atoms with Gasteiger partial charge in [0.15, 0.2) is 6.29 Å². The predicted octanol–water partition coefficient (Wildman–Crippen LogP) is 4.51. The lowest BCUT2D eigenvalue weighted by Gasteiger charge is -2.08. The first-order chi connectivity index (χ1) is 9.70. The summed E-state index contributed by atoms with van der Waals surface area (Å²) in [6, 6.07) is 13.2. The Morgan fingerprint density at radius 2 is 1.90 bits per heavy atom. The van der Waals surface area contributed by atoms with Crippen LogP contribution in [0.3, 0.4) is 0 Å². The number of nitrogens with zero attached hydrogens (tertiary/aromatic N) is 1. The Morgan fingerprint density at radius 3 is 2.65 bits per heavy atom. The zero-order valence-corrected chi connectivity index (χ0v) is 11.1. The number of pyridine rings is 1. The molecule has 2 aromatic carbocycles. The smallest absolute Gasteiger partial charge is 0.152 e. The summed E-state index contributed by atoms with van der Waals surface area (Å²) in [5.74, 6) is -0.422. The van der Waals surface area contributed by atoms with Gasteiger partial charge in [0.25, 0.3) is 0 Å². The van der Waals surface area contributed by atoms with Gasteiger partial charge in [-0.15, -0.1) is 0 Å². The Labute approximate surface area is 119 Å². The van der Waals surface area contributed by atoms with Crippen molar-refractivity contribution in [2.75, 3.05) is 0 Å². The van der Waals surface area contributed by atoms with Crippen LogP contribution in [0.15, 0.2) is 48.5 Å². The van der Waals surface area contributed by atoms with Crippen LogP contribution < -0.4 is 0 Å².